The topological polar surface area (TPSA) is 89.6 Å². The quantitative estimate of drug-likeness (QED) is 0.544. The van der Waals surface area contributed by atoms with Crippen molar-refractivity contribution in [2.75, 3.05) is 7.11 Å². The lowest BCUT2D eigenvalue weighted by atomic mass is 9.91. The summed E-state index contributed by atoms with van der Waals surface area (Å²) in [7, 11) is 1.09. The van der Waals surface area contributed by atoms with Gasteiger partial charge in [0, 0.05) is 0 Å². The number of esters is 1. The highest BCUT2D eigenvalue weighted by molar-refractivity contribution is 6.04. The summed E-state index contributed by atoms with van der Waals surface area (Å²) in [6.45, 7) is 0. The number of hydrogen-bond acceptors (Lipinski definition) is 4. The van der Waals surface area contributed by atoms with Gasteiger partial charge in [-0.15, -0.1) is 0 Å². The number of carboxylic acid groups (broad SMARTS) is 1. The van der Waals surface area contributed by atoms with Crippen molar-refractivity contribution in [2.24, 2.45) is 5.73 Å². The maximum Gasteiger partial charge on any atom is 0.342 e. The molecular formula is C10H11NO4. The van der Waals surface area contributed by atoms with E-state index in [0.29, 0.717) is 0 Å². The summed E-state index contributed by atoms with van der Waals surface area (Å²) in [5, 5.41) is 8.96. The first-order valence-corrected chi connectivity index (χ1v) is 4.19. The molecule has 3 N–H and O–H groups in total. The van der Waals surface area contributed by atoms with Crippen LogP contribution in [0.5, 0.6) is 0 Å². The van der Waals surface area contributed by atoms with Gasteiger partial charge in [0.1, 0.15) is 0 Å². The molecule has 1 unspecified atom stereocenters. The second kappa shape index (κ2) is 4.10. The van der Waals surface area contributed by atoms with Crippen molar-refractivity contribution >= 4 is 11.9 Å². The third-order valence-corrected chi connectivity index (χ3v) is 2.07. The Balaban J connectivity index is 3.25. The van der Waals surface area contributed by atoms with Crippen molar-refractivity contribution < 1.29 is 19.4 Å². The molecule has 0 bridgehead atoms. The number of aliphatic carboxylic acids is 1. The maximum absolute atomic E-state index is 11.3. The van der Waals surface area contributed by atoms with Crippen LogP contribution in [0, 0.1) is 0 Å². The van der Waals surface area contributed by atoms with Gasteiger partial charge in [-0.1, -0.05) is 30.3 Å². The van der Waals surface area contributed by atoms with Crippen molar-refractivity contribution in [3.05, 3.63) is 35.9 Å². The van der Waals surface area contributed by atoms with Crippen molar-refractivity contribution in [1.29, 1.82) is 0 Å². The minimum atomic E-state index is -2.14. The molecule has 5 heteroatoms. The largest absolute Gasteiger partial charge is 0.479 e. The van der Waals surface area contributed by atoms with Gasteiger partial charge in [0.15, 0.2) is 0 Å². The van der Waals surface area contributed by atoms with Gasteiger partial charge in [0.25, 0.3) is 0 Å². The number of rotatable bonds is 3. The second-order valence-electron chi connectivity index (χ2n) is 2.97. The highest BCUT2D eigenvalue weighted by Crippen LogP contribution is 2.19. The minimum absolute atomic E-state index is 0.185. The number of methoxy groups -OCH3 is 1. The fourth-order valence-corrected chi connectivity index (χ4v) is 1.19. The molecule has 0 saturated carbocycles. The third kappa shape index (κ3) is 1.82. The smallest absolute Gasteiger partial charge is 0.342 e. The van der Waals surface area contributed by atoms with Gasteiger partial charge in [0.2, 0.25) is 5.54 Å². The molecule has 5 nitrogen and oxygen atoms in total. The van der Waals surface area contributed by atoms with Gasteiger partial charge in [-0.3, -0.25) is 0 Å². The normalized spacial score (nSPS) is 14.0. The van der Waals surface area contributed by atoms with Crippen LogP contribution in [-0.2, 0) is 19.9 Å². The van der Waals surface area contributed by atoms with Crippen molar-refractivity contribution in [3.8, 4) is 0 Å². The molecule has 0 heterocycles. The van der Waals surface area contributed by atoms with E-state index in [1.807, 2.05) is 0 Å². The SMILES string of the molecule is COC(=O)C(N)(C(=O)O)c1ccccc1. The summed E-state index contributed by atoms with van der Waals surface area (Å²) in [5.41, 5.74) is 3.58. The Morgan fingerprint density at radius 1 is 1.33 bits per heavy atom. The molecule has 15 heavy (non-hydrogen) atoms. The van der Waals surface area contributed by atoms with E-state index in [9.17, 15) is 9.59 Å². The monoisotopic (exact) mass is 209 g/mol. The lowest BCUT2D eigenvalue weighted by molar-refractivity contribution is -0.159. The van der Waals surface area contributed by atoms with Gasteiger partial charge in [-0.2, -0.15) is 0 Å². The van der Waals surface area contributed by atoms with Crippen LogP contribution in [0.1, 0.15) is 5.56 Å². The highest BCUT2D eigenvalue weighted by Gasteiger charge is 2.45. The number of carbonyl (C=O) groups is 2. The Morgan fingerprint density at radius 2 is 1.87 bits per heavy atom. The first-order valence-electron chi connectivity index (χ1n) is 4.19. The van der Waals surface area contributed by atoms with Crippen LogP contribution in [0.3, 0.4) is 0 Å². The Morgan fingerprint density at radius 3 is 2.27 bits per heavy atom. The van der Waals surface area contributed by atoms with Crippen LogP contribution in [0.4, 0.5) is 0 Å². The molecule has 0 aromatic heterocycles. The van der Waals surface area contributed by atoms with Crippen molar-refractivity contribution in [2.45, 2.75) is 5.54 Å². The molecule has 0 radical (unpaired) electrons. The van der Waals surface area contributed by atoms with Crippen LogP contribution in [0.25, 0.3) is 0 Å². The zero-order valence-corrected chi connectivity index (χ0v) is 8.14. The van der Waals surface area contributed by atoms with Gasteiger partial charge in [-0.25, -0.2) is 9.59 Å². The van der Waals surface area contributed by atoms with Gasteiger partial charge in [-0.05, 0) is 5.56 Å². The molecule has 0 fully saturated rings. The fraction of sp³-hybridized carbons (Fsp3) is 0.200. The van der Waals surface area contributed by atoms with E-state index in [2.05, 4.69) is 4.74 Å². The zero-order valence-electron chi connectivity index (χ0n) is 8.14. The van der Waals surface area contributed by atoms with E-state index in [-0.39, 0.29) is 5.56 Å². The minimum Gasteiger partial charge on any atom is -0.479 e. The van der Waals surface area contributed by atoms with Crippen LogP contribution >= 0.6 is 0 Å². The molecule has 1 aromatic rings. The number of hydrogen-bond donors (Lipinski definition) is 2. The number of carbonyl (C=O) groups excluding carboxylic acids is 1. The standard InChI is InChI=1S/C10H11NO4/c1-15-9(14)10(11,8(12)13)7-5-3-2-4-6-7/h2-6H,11H2,1H3,(H,12,13). The molecule has 1 rings (SSSR count). The Hall–Kier alpha value is -1.88. The summed E-state index contributed by atoms with van der Waals surface area (Å²) in [6.07, 6.45) is 0. The predicted molar refractivity (Wildman–Crippen MR) is 52.0 cm³/mol. The van der Waals surface area contributed by atoms with E-state index in [0.717, 1.165) is 7.11 Å². The van der Waals surface area contributed by atoms with Crippen LogP contribution in [-0.4, -0.2) is 24.2 Å². The van der Waals surface area contributed by atoms with Crippen molar-refractivity contribution in [3.63, 3.8) is 0 Å². The third-order valence-electron chi connectivity index (χ3n) is 2.07. The summed E-state index contributed by atoms with van der Waals surface area (Å²) < 4.78 is 4.39. The molecule has 0 amide bonds. The average molecular weight is 209 g/mol. The average Bonchev–Trinajstić information content (AvgIpc) is 2.27. The van der Waals surface area contributed by atoms with Crippen LogP contribution in [0.2, 0.25) is 0 Å². The lowest BCUT2D eigenvalue weighted by Gasteiger charge is -2.21. The van der Waals surface area contributed by atoms with E-state index in [4.69, 9.17) is 10.8 Å². The lowest BCUT2D eigenvalue weighted by Crippen LogP contribution is -2.52. The fourth-order valence-electron chi connectivity index (χ4n) is 1.19. The van der Waals surface area contributed by atoms with Gasteiger partial charge >= 0.3 is 11.9 Å². The zero-order chi connectivity index (χ0) is 11.5. The Kier molecular flexibility index (Phi) is 3.06. The van der Waals surface area contributed by atoms with E-state index >= 15 is 0 Å². The summed E-state index contributed by atoms with van der Waals surface area (Å²) in [6, 6.07) is 7.82. The summed E-state index contributed by atoms with van der Waals surface area (Å²) in [5.74, 6) is -2.44. The number of nitrogens with two attached hydrogens (primary N) is 1. The molecule has 0 aliphatic carbocycles. The summed E-state index contributed by atoms with van der Waals surface area (Å²) >= 11 is 0. The predicted octanol–water partition coefficient (Wildman–Crippen LogP) is 0.0982. The summed E-state index contributed by atoms with van der Waals surface area (Å²) in [4.78, 5) is 22.3. The number of ether oxygens (including phenoxy) is 1. The van der Waals surface area contributed by atoms with Crippen molar-refractivity contribution in [1.82, 2.24) is 0 Å². The first-order chi connectivity index (χ1) is 7.03. The molecular weight excluding hydrogens is 198 g/mol. The molecule has 80 valence electrons. The number of benzene rings is 1. The molecule has 1 aromatic carbocycles. The second-order valence-corrected chi connectivity index (χ2v) is 2.97. The number of carboxylic acids is 1. The molecule has 0 spiro atoms. The van der Waals surface area contributed by atoms with Gasteiger partial charge < -0.3 is 15.6 Å². The Bertz CT molecular complexity index is 376. The maximum atomic E-state index is 11.3. The molecule has 0 aliphatic heterocycles. The molecule has 0 saturated heterocycles. The van der Waals surface area contributed by atoms with E-state index < -0.39 is 17.5 Å². The molecule has 0 aliphatic rings. The van der Waals surface area contributed by atoms with Crippen LogP contribution < -0.4 is 5.73 Å². The first kappa shape index (κ1) is 11.2. The Labute approximate surface area is 86.5 Å². The highest BCUT2D eigenvalue weighted by atomic mass is 16.5. The van der Waals surface area contributed by atoms with Gasteiger partial charge in [0.05, 0.1) is 7.11 Å². The van der Waals surface area contributed by atoms with Crippen LogP contribution in [0.15, 0.2) is 30.3 Å². The molecule has 1 atom stereocenters. The van der Waals surface area contributed by atoms with E-state index in [1.54, 1.807) is 18.2 Å². The van der Waals surface area contributed by atoms with E-state index in [1.165, 1.54) is 12.1 Å².